The maximum atomic E-state index is 12.2. The highest BCUT2D eigenvalue weighted by atomic mass is 35.5. The van der Waals surface area contributed by atoms with Crippen LogP contribution in [0, 0.1) is 0 Å². The normalized spacial score (nSPS) is 11.0. The molecule has 19 heavy (non-hydrogen) atoms. The Balaban J connectivity index is 2.44. The molecule has 0 amide bonds. The summed E-state index contributed by atoms with van der Waals surface area (Å²) < 4.78 is 34.1. The largest absolute Gasteiger partial charge is 0.434 e. The summed E-state index contributed by atoms with van der Waals surface area (Å²) in [7, 11) is 0. The molecule has 6 heteroatoms. The predicted octanol–water partition coefficient (Wildman–Crippen LogP) is 3.46. The van der Waals surface area contributed by atoms with Crippen molar-refractivity contribution in [2.45, 2.75) is 26.5 Å². The number of ether oxygens (including phenoxy) is 2. The van der Waals surface area contributed by atoms with E-state index in [1.807, 2.05) is 6.92 Å². The molecule has 1 aromatic rings. The summed E-state index contributed by atoms with van der Waals surface area (Å²) in [5.41, 5.74) is 0.615. The van der Waals surface area contributed by atoms with Crippen LogP contribution in [-0.4, -0.2) is 26.4 Å². The minimum Gasteiger partial charge on any atom is -0.434 e. The van der Waals surface area contributed by atoms with Gasteiger partial charge in [0.2, 0.25) is 0 Å². The molecule has 0 fully saturated rings. The van der Waals surface area contributed by atoms with Crippen LogP contribution >= 0.6 is 11.6 Å². The van der Waals surface area contributed by atoms with Crippen molar-refractivity contribution in [1.82, 2.24) is 5.32 Å². The van der Waals surface area contributed by atoms with Gasteiger partial charge >= 0.3 is 6.61 Å². The zero-order valence-electron chi connectivity index (χ0n) is 10.8. The second kappa shape index (κ2) is 9.07. The molecule has 0 atom stereocenters. The third-order valence-corrected chi connectivity index (χ3v) is 2.64. The number of benzene rings is 1. The maximum absolute atomic E-state index is 12.2. The Morgan fingerprint density at radius 1 is 1.37 bits per heavy atom. The summed E-state index contributed by atoms with van der Waals surface area (Å²) >= 11 is 5.84. The molecule has 3 nitrogen and oxygen atoms in total. The molecule has 0 radical (unpaired) electrons. The standard InChI is InChI=1S/C13H18ClF2NO2/c1-2-18-7-3-6-17-9-10-8-11(14)4-5-12(10)19-13(15)16/h4-5,8,13,17H,2-3,6-7,9H2,1H3. The zero-order valence-corrected chi connectivity index (χ0v) is 11.6. The van der Waals surface area contributed by atoms with Crippen LogP contribution in [0.1, 0.15) is 18.9 Å². The minimum atomic E-state index is -2.84. The van der Waals surface area contributed by atoms with Crippen LogP contribution in [0.4, 0.5) is 8.78 Å². The molecule has 0 saturated heterocycles. The van der Waals surface area contributed by atoms with E-state index in [1.165, 1.54) is 12.1 Å². The van der Waals surface area contributed by atoms with Gasteiger partial charge in [0.15, 0.2) is 0 Å². The molecule has 1 aromatic carbocycles. The Hall–Kier alpha value is -0.910. The molecule has 108 valence electrons. The van der Waals surface area contributed by atoms with Gasteiger partial charge in [0.1, 0.15) is 5.75 Å². The van der Waals surface area contributed by atoms with E-state index in [2.05, 4.69) is 10.1 Å². The predicted molar refractivity (Wildman–Crippen MR) is 70.9 cm³/mol. The molecule has 0 spiro atoms. The van der Waals surface area contributed by atoms with Crippen LogP contribution in [0.3, 0.4) is 0 Å². The Morgan fingerprint density at radius 2 is 2.16 bits per heavy atom. The van der Waals surface area contributed by atoms with Gasteiger partial charge in [-0.1, -0.05) is 11.6 Å². The van der Waals surface area contributed by atoms with Crippen molar-refractivity contribution in [3.63, 3.8) is 0 Å². The number of hydrogen-bond donors (Lipinski definition) is 1. The van der Waals surface area contributed by atoms with Gasteiger partial charge in [-0.15, -0.1) is 0 Å². The molecule has 1 N–H and O–H groups in total. The van der Waals surface area contributed by atoms with E-state index in [0.29, 0.717) is 30.3 Å². The molecule has 0 heterocycles. The highest BCUT2D eigenvalue weighted by Gasteiger charge is 2.09. The van der Waals surface area contributed by atoms with Crippen molar-refractivity contribution in [3.05, 3.63) is 28.8 Å². The van der Waals surface area contributed by atoms with E-state index in [9.17, 15) is 8.78 Å². The first kappa shape index (κ1) is 16.1. The van der Waals surface area contributed by atoms with Crippen molar-refractivity contribution < 1.29 is 18.3 Å². The van der Waals surface area contributed by atoms with Gasteiger partial charge in [-0.25, -0.2) is 0 Å². The lowest BCUT2D eigenvalue weighted by molar-refractivity contribution is -0.0504. The van der Waals surface area contributed by atoms with Crippen molar-refractivity contribution in [2.24, 2.45) is 0 Å². The maximum Gasteiger partial charge on any atom is 0.387 e. The number of rotatable bonds is 9. The summed E-state index contributed by atoms with van der Waals surface area (Å²) in [4.78, 5) is 0. The quantitative estimate of drug-likeness (QED) is 0.707. The van der Waals surface area contributed by atoms with Gasteiger partial charge < -0.3 is 14.8 Å². The van der Waals surface area contributed by atoms with E-state index < -0.39 is 6.61 Å². The fraction of sp³-hybridized carbons (Fsp3) is 0.538. The van der Waals surface area contributed by atoms with Crippen LogP contribution in [0.2, 0.25) is 5.02 Å². The molecule has 0 bridgehead atoms. The van der Waals surface area contributed by atoms with E-state index in [1.54, 1.807) is 6.07 Å². The Labute approximate surface area is 116 Å². The van der Waals surface area contributed by atoms with Crippen LogP contribution in [0.25, 0.3) is 0 Å². The first-order valence-corrected chi connectivity index (χ1v) is 6.53. The van der Waals surface area contributed by atoms with Gasteiger partial charge in [-0.05, 0) is 38.1 Å². The summed E-state index contributed by atoms with van der Waals surface area (Å²) in [6.07, 6.45) is 0.861. The third-order valence-electron chi connectivity index (χ3n) is 2.40. The van der Waals surface area contributed by atoms with E-state index >= 15 is 0 Å². The van der Waals surface area contributed by atoms with Crippen molar-refractivity contribution in [1.29, 1.82) is 0 Å². The molecular formula is C13H18ClF2NO2. The van der Waals surface area contributed by atoms with Crippen molar-refractivity contribution in [3.8, 4) is 5.75 Å². The molecule has 0 aromatic heterocycles. The number of nitrogens with one attached hydrogen (secondary N) is 1. The van der Waals surface area contributed by atoms with Crippen LogP contribution in [0.5, 0.6) is 5.75 Å². The molecule has 1 rings (SSSR count). The van der Waals surface area contributed by atoms with Crippen LogP contribution < -0.4 is 10.1 Å². The first-order valence-electron chi connectivity index (χ1n) is 6.15. The number of halogens is 3. The SMILES string of the molecule is CCOCCCNCc1cc(Cl)ccc1OC(F)F. The van der Waals surface area contributed by atoms with Gasteiger partial charge in [0.25, 0.3) is 0 Å². The fourth-order valence-corrected chi connectivity index (χ4v) is 1.76. The average molecular weight is 294 g/mol. The van der Waals surface area contributed by atoms with Gasteiger partial charge in [-0.3, -0.25) is 0 Å². The molecule has 0 aliphatic heterocycles. The van der Waals surface area contributed by atoms with Crippen molar-refractivity contribution >= 4 is 11.6 Å². The van der Waals surface area contributed by atoms with Crippen LogP contribution in [-0.2, 0) is 11.3 Å². The highest BCUT2D eigenvalue weighted by molar-refractivity contribution is 6.30. The van der Waals surface area contributed by atoms with Crippen molar-refractivity contribution in [2.75, 3.05) is 19.8 Å². The fourth-order valence-electron chi connectivity index (χ4n) is 1.56. The van der Waals surface area contributed by atoms with E-state index in [-0.39, 0.29) is 5.75 Å². The average Bonchev–Trinajstić information content (AvgIpc) is 2.36. The monoisotopic (exact) mass is 293 g/mol. The summed E-state index contributed by atoms with van der Waals surface area (Å²) in [6.45, 7) is 1.64. The second-order valence-electron chi connectivity index (χ2n) is 3.86. The number of hydrogen-bond acceptors (Lipinski definition) is 3. The summed E-state index contributed by atoms with van der Waals surface area (Å²) in [6, 6.07) is 4.60. The highest BCUT2D eigenvalue weighted by Crippen LogP contribution is 2.24. The smallest absolute Gasteiger partial charge is 0.387 e. The zero-order chi connectivity index (χ0) is 14.1. The lowest BCUT2D eigenvalue weighted by Crippen LogP contribution is -2.17. The minimum absolute atomic E-state index is 0.150. The molecule has 0 aliphatic rings. The van der Waals surface area contributed by atoms with E-state index in [0.717, 1.165) is 13.0 Å². The third kappa shape index (κ3) is 6.71. The summed E-state index contributed by atoms with van der Waals surface area (Å²) in [5.74, 6) is 0.150. The number of alkyl halides is 2. The summed E-state index contributed by atoms with van der Waals surface area (Å²) in [5, 5.41) is 3.63. The Kier molecular flexibility index (Phi) is 7.70. The lowest BCUT2D eigenvalue weighted by atomic mass is 10.2. The lowest BCUT2D eigenvalue weighted by Gasteiger charge is -2.12. The Morgan fingerprint density at radius 3 is 2.84 bits per heavy atom. The first-order chi connectivity index (χ1) is 9.13. The van der Waals surface area contributed by atoms with Gasteiger partial charge in [-0.2, -0.15) is 8.78 Å². The van der Waals surface area contributed by atoms with Crippen LogP contribution in [0.15, 0.2) is 18.2 Å². The molecule has 0 aliphatic carbocycles. The Bertz CT molecular complexity index is 378. The molecular weight excluding hydrogens is 276 g/mol. The topological polar surface area (TPSA) is 30.5 Å². The van der Waals surface area contributed by atoms with Gasteiger partial charge in [0, 0.05) is 30.3 Å². The molecule has 0 unspecified atom stereocenters. The van der Waals surface area contributed by atoms with E-state index in [4.69, 9.17) is 16.3 Å². The second-order valence-corrected chi connectivity index (χ2v) is 4.29. The van der Waals surface area contributed by atoms with Gasteiger partial charge in [0.05, 0.1) is 0 Å². The molecule has 0 saturated carbocycles.